The number of hydrogen-bond donors (Lipinski definition) is 0. The van der Waals surface area contributed by atoms with Gasteiger partial charge in [-0.2, -0.15) is 0 Å². The molecule has 0 amide bonds. The Balaban J connectivity index is 4.85. The molecule has 0 saturated heterocycles. The number of rotatable bonds is 2. The van der Waals surface area contributed by atoms with Crippen LogP contribution in [-0.4, -0.2) is 18.9 Å². The fourth-order valence-electron chi connectivity index (χ4n) is 0.144. The van der Waals surface area contributed by atoms with Crippen LogP contribution in [0, 0.1) is 0 Å². The van der Waals surface area contributed by atoms with Gasteiger partial charge >= 0.3 is 5.97 Å². The molecule has 0 rings (SSSR count). The SMILES string of the molecule is [2H]C([2H])([2H])C(=O)C([2H])([2H])C(=O)OC. The normalized spacial score (nSPS) is 20.9. The van der Waals surface area contributed by atoms with Gasteiger partial charge in [-0.15, -0.1) is 0 Å². The van der Waals surface area contributed by atoms with Crippen molar-refractivity contribution in [3.63, 3.8) is 0 Å². The molecule has 0 aliphatic carbocycles. The van der Waals surface area contributed by atoms with Crippen molar-refractivity contribution < 1.29 is 21.2 Å². The molecule has 0 fully saturated rings. The van der Waals surface area contributed by atoms with Gasteiger partial charge in [-0.05, 0) is 6.85 Å². The van der Waals surface area contributed by atoms with Crippen molar-refractivity contribution in [2.45, 2.75) is 13.2 Å². The highest BCUT2D eigenvalue weighted by atomic mass is 16.5. The Morgan fingerprint density at radius 1 is 1.88 bits per heavy atom. The highest BCUT2D eigenvalue weighted by Crippen LogP contribution is 1.83. The average molecular weight is 121 g/mol. The summed E-state index contributed by atoms with van der Waals surface area (Å²) in [6.45, 7) is -3.14. The van der Waals surface area contributed by atoms with E-state index >= 15 is 0 Å². The van der Waals surface area contributed by atoms with Gasteiger partial charge < -0.3 is 4.74 Å². The van der Waals surface area contributed by atoms with Gasteiger partial charge in [0.05, 0.1) is 7.11 Å². The maximum absolute atomic E-state index is 10.8. The van der Waals surface area contributed by atoms with E-state index in [0.717, 1.165) is 7.11 Å². The molecule has 0 unspecified atom stereocenters. The summed E-state index contributed by atoms with van der Waals surface area (Å²) in [6, 6.07) is 0. The Hall–Kier alpha value is -0.860. The molecule has 3 nitrogen and oxygen atoms in total. The molecule has 3 heteroatoms. The molecule has 0 bridgehead atoms. The summed E-state index contributed by atoms with van der Waals surface area (Å²) in [5.74, 6) is -3.28. The molecule has 0 atom stereocenters. The van der Waals surface area contributed by atoms with Crippen LogP contribution in [0.25, 0.3) is 0 Å². The molecule has 0 radical (unpaired) electrons. The lowest BCUT2D eigenvalue weighted by Crippen LogP contribution is -2.05. The van der Waals surface area contributed by atoms with Crippen LogP contribution in [0.4, 0.5) is 0 Å². The number of carbonyl (C=O) groups is 2. The minimum atomic E-state index is -3.14. The summed E-state index contributed by atoms with van der Waals surface area (Å²) >= 11 is 0. The quantitative estimate of drug-likeness (QED) is 0.385. The van der Waals surface area contributed by atoms with Crippen LogP contribution in [-0.2, 0) is 14.3 Å². The first kappa shape index (κ1) is 2.17. The number of carbonyl (C=O) groups excluding carboxylic acids is 2. The van der Waals surface area contributed by atoms with Gasteiger partial charge in [0.15, 0.2) is 0 Å². The second-order valence-corrected chi connectivity index (χ2v) is 0.946. The predicted octanol–water partition coefficient (Wildman–Crippen LogP) is 0.139. The van der Waals surface area contributed by atoms with Crippen LogP contribution in [0.5, 0.6) is 0 Å². The Bertz CT molecular complexity index is 231. The molecule has 0 spiro atoms. The minimum absolute atomic E-state index is 0.868. The first-order valence-corrected chi connectivity index (χ1v) is 1.77. The van der Waals surface area contributed by atoms with E-state index in [1.54, 1.807) is 0 Å². The zero-order valence-corrected chi connectivity index (χ0v) is 4.22. The van der Waals surface area contributed by atoms with E-state index in [4.69, 9.17) is 6.85 Å². The maximum atomic E-state index is 10.8. The Morgan fingerprint density at radius 2 is 2.50 bits per heavy atom. The molecule has 0 N–H and O–H groups in total. The summed E-state index contributed by atoms with van der Waals surface area (Å²) < 4.78 is 37.5. The molecule has 46 valence electrons. The summed E-state index contributed by atoms with van der Waals surface area (Å²) in [4.78, 5) is 21.5. The standard InChI is InChI=1S/C5H8O3/c1-4(6)3-5(7)8-2/h3H2,1-2H3/i1D3,3D2. The lowest BCUT2D eigenvalue weighted by molar-refractivity contribution is -0.142. The minimum Gasteiger partial charge on any atom is -0.469 e. The summed E-state index contributed by atoms with van der Waals surface area (Å²) in [7, 11) is 0.868. The summed E-state index contributed by atoms with van der Waals surface area (Å²) in [5, 5.41) is 0. The van der Waals surface area contributed by atoms with Crippen molar-refractivity contribution in [1.82, 2.24) is 0 Å². The van der Waals surface area contributed by atoms with E-state index in [9.17, 15) is 9.59 Å². The van der Waals surface area contributed by atoms with Gasteiger partial charge in [0.25, 0.3) is 0 Å². The van der Waals surface area contributed by atoms with Gasteiger partial charge in [0, 0.05) is 6.85 Å². The van der Waals surface area contributed by atoms with E-state index in [1.165, 1.54) is 0 Å². The van der Waals surface area contributed by atoms with Crippen LogP contribution in [0.1, 0.15) is 20.1 Å². The monoisotopic (exact) mass is 121 g/mol. The van der Waals surface area contributed by atoms with Gasteiger partial charge in [-0.3, -0.25) is 9.59 Å². The topological polar surface area (TPSA) is 43.4 Å². The average Bonchev–Trinajstić information content (AvgIpc) is 1.99. The number of Topliss-reactive ketones (excluding diaryl/α,β-unsaturated/α-hetero) is 1. The molecular weight excluding hydrogens is 108 g/mol. The zero-order chi connectivity index (χ0) is 10.9. The molecule has 0 heterocycles. The molecule has 0 aromatic heterocycles. The number of hydrogen-bond acceptors (Lipinski definition) is 3. The molecule has 0 aromatic rings. The predicted molar refractivity (Wildman–Crippen MR) is 27.3 cm³/mol. The van der Waals surface area contributed by atoms with Crippen molar-refractivity contribution in [3.8, 4) is 0 Å². The van der Waals surface area contributed by atoms with E-state index in [1.807, 2.05) is 0 Å². The van der Waals surface area contributed by atoms with Gasteiger partial charge in [0.2, 0.25) is 0 Å². The molecule has 8 heavy (non-hydrogen) atoms. The van der Waals surface area contributed by atoms with Crippen molar-refractivity contribution in [2.24, 2.45) is 0 Å². The van der Waals surface area contributed by atoms with Gasteiger partial charge in [-0.1, -0.05) is 0 Å². The smallest absolute Gasteiger partial charge is 0.313 e. The Morgan fingerprint density at radius 3 is 2.88 bits per heavy atom. The molecule has 0 saturated carbocycles. The number of methoxy groups -OCH3 is 1. The van der Waals surface area contributed by atoms with Crippen LogP contribution in [0.15, 0.2) is 0 Å². The molecule has 0 aliphatic rings. The Labute approximate surface area is 54.7 Å². The highest BCUT2D eigenvalue weighted by Gasteiger charge is 2.01. The summed E-state index contributed by atoms with van der Waals surface area (Å²) in [6.07, 6.45) is -3.11. The third kappa shape index (κ3) is 3.33. The molecule has 0 aliphatic heterocycles. The third-order valence-corrected chi connectivity index (χ3v) is 0.401. The van der Waals surface area contributed by atoms with Crippen LogP contribution in [0.2, 0.25) is 0 Å². The van der Waals surface area contributed by atoms with Gasteiger partial charge in [-0.25, -0.2) is 0 Å². The lowest BCUT2D eigenvalue weighted by Gasteiger charge is -1.90. The van der Waals surface area contributed by atoms with Crippen molar-refractivity contribution in [1.29, 1.82) is 0 Å². The van der Waals surface area contributed by atoms with E-state index in [0.29, 0.717) is 0 Å². The van der Waals surface area contributed by atoms with Crippen LogP contribution >= 0.6 is 0 Å². The summed E-state index contributed by atoms with van der Waals surface area (Å²) in [5.41, 5.74) is 0. The van der Waals surface area contributed by atoms with Crippen molar-refractivity contribution in [3.05, 3.63) is 0 Å². The highest BCUT2D eigenvalue weighted by molar-refractivity contribution is 5.93. The molecule has 0 aromatic carbocycles. The second kappa shape index (κ2) is 3.18. The third-order valence-electron chi connectivity index (χ3n) is 0.401. The van der Waals surface area contributed by atoms with Crippen molar-refractivity contribution >= 4 is 11.8 Å². The van der Waals surface area contributed by atoms with Crippen molar-refractivity contribution in [2.75, 3.05) is 7.11 Å². The number of esters is 1. The molecular formula is C5H8O3. The Kier molecular flexibility index (Phi) is 0.863. The second-order valence-electron chi connectivity index (χ2n) is 0.946. The number of ketones is 1. The van der Waals surface area contributed by atoms with Crippen LogP contribution in [0.3, 0.4) is 0 Å². The van der Waals surface area contributed by atoms with Crippen LogP contribution < -0.4 is 0 Å². The fourth-order valence-corrected chi connectivity index (χ4v) is 0.144. The first-order chi connectivity index (χ1) is 5.64. The van der Waals surface area contributed by atoms with Gasteiger partial charge in [0.1, 0.15) is 12.2 Å². The zero-order valence-electron chi connectivity index (χ0n) is 9.22. The first-order valence-electron chi connectivity index (χ1n) is 4.27. The maximum Gasteiger partial charge on any atom is 0.313 e. The van der Waals surface area contributed by atoms with E-state index in [-0.39, 0.29) is 0 Å². The fraction of sp³-hybridized carbons (Fsp3) is 0.600. The largest absolute Gasteiger partial charge is 0.469 e. The van der Waals surface area contributed by atoms with E-state index in [2.05, 4.69) is 4.74 Å². The lowest BCUT2D eigenvalue weighted by atomic mass is 10.3. The van der Waals surface area contributed by atoms with E-state index < -0.39 is 25.0 Å². The number of ether oxygens (including phenoxy) is 1.